The Balaban J connectivity index is 1.80. The van der Waals surface area contributed by atoms with E-state index in [1.807, 2.05) is 0 Å². The minimum absolute atomic E-state index is 0.0485. The molecule has 0 bridgehead atoms. The van der Waals surface area contributed by atoms with Gasteiger partial charge in [-0.1, -0.05) is 37.5 Å². The number of alkyl halides is 7. The first-order valence-electron chi connectivity index (χ1n) is 13.1. The number of rotatable bonds is 7. The highest BCUT2D eigenvalue weighted by Gasteiger charge is 2.73. The summed E-state index contributed by atoms with van der Waals surface area (Å²) in [5.41, 5.74) is -7.41. The number of aliphatic hydroxyl groups excluding tert-OH is 1. The van der Waals surface area contributed by atoms with E-state index >= 15 is 0 Å². The molecule has 2 amide bonds. The standard InChI is InChI=1S/C27H29F7N4O3/c28-25(26(29,30)31,27(32,33)34)17-8-10-19(11-9-17)38(24(41)21-13-20(39)15-36-21)22(16-5-4-12-35-14-16)23(40)37-18-6-2-1-3-7-18/h4-5,8-12,14,18,20-22,36,39H,1-3,6-7,13,15H2,(H,37,40). The molecule has 2 aromatic rings. The number of amides is 2. The van der Waals surface area contributed by atoms with Gasteiger partial charge in [0.05, 0.1) is 12.1 Å². The summed E-state index contributed by atoms with van der Waals surface area (Å²) in [5.74, 6) is -1.40. The summed E-state index contributed by atoms with van der Waals surface area (Å²) in [5, 5.41) is 15.7. The Labute approximate surface area is 231 Å². The average molecular weight is 591 g/mol. The summed E-state index contributed by atoms with van der Waals surface area (Å²) in [7, 11) is 0. The monoisotopic (exact) mass is 590 g/mol. The summed E-state index contributed by atoms with van der Waals surface area (Å²) in [6.07, 6.45) is -6.71. The van der Waals surface area contributed by atoms with Crippen molar-refractivity contribution in [2.75, 3.05) is 11.4 Å². The molecule has 1 aliphatic heterocycles. The molecule has 3 unspecified atom stereocenters. The van der Waals surface area contributed by atoms with Crippen molar-refractivity contribution in [2.45, 2.75) is 80.8 Å². The number of nitrogens with one attached hydrogen (secondary N) is 2. The van der Waals surface area contributed by atoms with Gasteiger partial charge in [-0.25, -0.2) is 4.39 Å². The van der Waals surface area contributed by atoms with E-state index in [0.717, 1.165) is 36.3 Å². The molecule has 4 rings (SSSR count). The molecular formula is C27H29F7N4O3. The van der Waals surface area contributed by atoms with Crippen LogP contribution >= 0.6 is 0 Å². The van der Waals surface area contributed by atoms with Crippen molar-refractivity contribution in [1.82, 2.24) is 15.6 Å². The van der Waals surface area contributed by atoms with E-state index in [0.29, 0.717) is 25.0 Å². The van der Waals surface area contributed by atoms with E-state index in [-0.39, 0.29) is 30.3 Å². The summed E-state index contributed by atoms with van der Waals surface area (Å²) >= 11 is 0. The number of pyridine rings is 1. The van der Waals surface area contributed by atoms with Gasteiger partial charge in [-0.3, -0.25) is 19.5 Å². The number of hydrogen-bond acceptors (Lipinski definition) is 5. The molecular weight excluding hydrogens is 561 g/mol. The maximum absolute atomic E-state index is 14.7. The number of benzene rings is 1. The molecule has 14 heteroatoms. The first kappa shape index (κ1) is 30.7. The SMILES string of the molecule is O=C(NC1CCCCC1)C(c1cccnc1)N(C(=O)C1CC(O)CN1)c1ccc(C(F)(C(F)(F)F)C(F)(F)F)cc1. The largest absolute Gasteiger partial charge is 0.435 e. The van der Waals surface area contributed by atoms with Crippen molar-refractivity contribution in [1.29, 1.82) is 0 Å². The topological polar surface area (TPSA) is 94.6 Å². The molecule has 2 aliphatic rings. The second kappa shape index (κ2) is 11.9. The van der Waals surface area contributed by atoms with Gasteiger partial charge in [0.2, 0.25) is 11.8 Å². The fourth-order valence-corrected chi connectivity index (χ4v) is 5.30. The van der Waals surface area contributed by atoms with E-state index in [4.69, 9.17) is 0 Å². The highest BCUT2D eigenvalue weighted by Crippen LogP contribution is 2.53. The molecule has 0 spiro atoms. The number of carbonyl (C=O) groups excluding carboxylic acids is 2. The molecule has 1 aromatic carbocycles. The van der Waals surface area contributed by atoms with Crippen LogP contribution in [0.3, 0.4) is 0 Å². The number of halogens is 7. The van der Waals surface area contributed by atoms with Crippen molar-refractivity contribution in [2.24, 2.45) is 0 Å². The zero-order chi connectivity index (χ0) is 30.0. The molecule has 2 fully saturated rings. The van der Waals surface area contributed by atoms with Gasteiger partial charge in [0, 0.05) is 41.8 Å². The van der Waals surface area contributed by atoms with E-state index in [1.54, 1.807) is 0 Å². The Bertz CT molecular complexity index is 1190. The van der Waals surface area contributed by atoms with Gasteiger partial charge < -0.3 is 15.7 Å². The maximum Gasteiger partial charge on any atom is 0.435 e. The van der Waals surface area contributed by atoms with Crippen LogP contribution in [0.15, 0.2) is 48.8 Å². The Hall–Kier alpha value is -3.26. The number of aromatic nitrogens is 1. The van der Waals surface area contributed by atoms with Gasteiger partial charge in [0.15, 0.2) is 0 Å². The van der Waals surface area contributed by atoms with Crippen molar-refractivity contribution < 1.29 is 45.4 Å². The van der Waals surface area contributed by atoms with Crippen LogP contribution in [-0.4, -0.2) is 59.0 Å². The Kier molecular flexibility index (Phi) is 8.93. The van der Waals surface area contributed by atoms with Gasteiger partial charge >= 0.3 is 18.0 Å². The van der Waals surface area contributed by atoms with E-state index in [2.05, 4.69) is 15.6 Å². The number of hydrogen-bond donors (Lipinski definition) is 3. The molecule has 1 saturated heterocycles. The first-order valence-corrected chi connectivity index (χ1v) is 13.1. The lowest BCUT2D eigenvalue weighted by molar-refractivity contribution is -0.348. The minimum atomic E-state index is -6.32. The van der Waals surface area contributed by atoms with E-state index < -0.39 is 53.6 Å². The molecule has 1 saturated carbocycles. The number of aliphatic hydroxyl groups is 1. The third-order valence-corrected chi connectivity index (χ3v) is 7.43. The molecule has 3 N–H and O–H groups in total. The zero-order valence-electron chi connectivity index (χ0n) is 21.7. The molecule has 1 aliphatic carbocycles. The lowest BCUT2D eigenvalue weighted by Crippen LogP contribution is -2.52. The van der Waals surface area contributed by atoms with Crippen molar-refractivity contribution in [3.63, 3.8) is 0 Å². The Morgan fingerprint density at radius 1 is 0.976 bits per heavy atom. The lowest BCUT2D eigenvalue weighted by atomic mass is 9.93. The van der Waals surface area contributed by atoms with Crippen molar-refractivity contribution in [3.8, 4) is 0 Å². The van der Waals surface area contributed by atoms with Crippen molar-refractivity contribution in [3.05, 3.63) is 59.9 Å². The second-order valence-electron chi connectivity index (χ2n) is 10.3. The smallest absolute Gasteiger partial charge is 0.392 e. The molecule has 224 valence electrons. The molecule has 0 radical (unpaired) electrons. The van der Waals surface area contributed by atoms with Crippen LogP contribution in [0.4, 0.5) is 36.4 Å². The summed E-state index contributed by atoms with van der Waals surface area (Å²) in [6.45, 7) is 0.0521. The zero-order valence-corrected chi connectivity index (χ0v) is 21.7. The van der Waals surface area contributed by atoms with Gasteiger partial charge in [-0.05, 0) is 37.5 Å². The van der Waals surface area contributed by atoms with Crippen LogP contribution in [-0.2, 0) is 15.3 Å². The quantitative estimate of drug-likeness (QED) is 0.410. The van der Waals surface area contributed by atoms with Crippen LogP contribution in [0.25, 0.3) is 0 Å². The molecule has 2 heterocycles. The summed E-state index contributed by atoms with van der Waals surface area (Å²) in [4.78, 5) is 32.5. The molecule has 1 aromatic heterocycles. The van der Waals surface area contributed by atoms with Crippen LogP contribution in [0.5, 0.6) is 0 Å². The van der Waals surface area contributed by atoms with Gasteiger partial charge in [0.1, 0.15) is 6.04 Å². The lowest BCUT2D eigenvalue weighted by Gasteiger charge is -2.35. The predicted molar refractivity (Wildman–Crippen MR) is 133 cm³/mol. The average Bonchev–Trinajstić information content (AvgIpc) is 3.37. The Morgan fingerprint density at radius 2 is 1.61 bits per heavy atom. The van der Waals surface area contributed by atoms with Crippen LogP contribution < -0.4 is 15.5 Å². The Morgan fingerprint density at radius 3 is 2.12 bits per heavy atom. The highest BCUT2D eigenvalue weighted by atomic mass is 19.4. The first-order chi connectivity index (χ1) is 19.2. The predicted octanol–water partition coefficient (Wildman–Crippen LogP) is 4.62. The number of nitrogens with zero attached hydrogens (tertiary/aromatic N) is 2. The summed E-state index contributed by atoms with van der Waals surface area (Å²) in [6, 6.07) is 2.43. The maximum atomic E-state index is 14.7. The number of β-amino-alcohol motifs (C(OH)–C–C–N with tert-alkyl or cyclic N) is 1. The van der Waals surface area contributed by atoms with Crippen LogP contribution in [0, 0.1) is 0 Å². The third kappa shape index (κ3) is 6.32. The van der Waals surface area contributed by atoms with Gasteiger partial charge in [-0.15, -0.1) is 0 Å². The minimum Gasteiger partial charge on any atom is -0.392 e. The molecule has 3 atom stereocenters. The number of anilines is 1. The van der Waals surface area contributed by atoms with Gasteiger partial charge in [0.25, 0.3) is 0 Å². The fraction of sp³-hybridized carbons (Fsp3) is 0.519. The number of carbonyl (C=O) groups is 2. The van der Waals surface area contributed by atoms with E-state index in [9.17, 15) is 45.4 Å². The molecule has 7 nitrogen and oxygen atoms in total. The third-order valence-electron chi connectivity index (χ3n) is 7.43. The second-order valence-corrected chi connectivity index (χ2v) is 10.3. The van der Waals surface area contributed by atoms with Gasteiger partial charge in [-0.2, -0.15) is 26.3 Å². The van der Waals surface area contributed by atoms with Crippen LogP contribution in [0.1, 0.15) is 55.7 Å². The fourth-order valence-electron chi connectivity index (χ4n) is 5.30. The molecule has 41 heavy (non-hydrogen) atoms. The van der Waals surface area contributed by atoms with E-state index in [1.165, 1.54) is 24.5 Å². The van der Waals surface area contributed by atoms with Crippen molar-refractivity contribution >= 4 is 17.5 Å². The normalized spacial score (nSPS) is 21.4. The highest BCUT2D eigenvalue weighted by molar-refractivity contribution is 6.04. The summed E-state index contributed by atoms with van der Waals surface area (Å²) < 4.78 is 94.7. The van der Waals surface area contributed by atoms with Crippen LogP contribution in [0.2, 0.25) is 0 Å².